The molecular weight excluding hydrogens is 318 g/mol. The zero-order valence-electron chi connectivity index (χ0n) is 10.8. The van der Waals surface area contributed by atoms with E-state index in [4.69, 9.17) is 0 Å². The number of amides is 1. The Labute approximate surface area is 125 Å². The Morgan fingerprint density at radius 3 is 2.90 bits per heavy atom. The largest absolute Gasteiger partial charge is 0.324 e. The van der Waals surface area contributed by atoms with Crippen molar-refractivity contribution >= 4 is 27.5 Å². The molecule has 4 nitrogen and oxygen atoms in total. The van der Waals surface area contributed by atoms with Crippen molar-refractivity contribution in [2.45, 2.75) is 19.0 Å². The van der Waals surface area contributed by atoms with Crippen molar-refractivity contribution in [3.8, 4) is 0 Å². The van der Waals surface area contributed by atoms with Crippen LogP contribution in [0.25, 0.3) is 0 Å². The molecule has 0 saturated heterocycles. The molecule has 1 aliphatic heterocycles. The van der Waals surface area contributed by atoms with Crippen LogP contribution in [0.2, 0.25) is 0 Å². The Morgan fingerprint density at radius 2 is 2.10 bits per heavy atom. The highest BCUT2D eigenvalue weighted by Gasteiger charge is 2.24. The summed E-state index contributed by atoms with van der Waals surface area (Å²) in [5, 5.41) is 6.19. The summed E-state index contributed by atoms with van der Waals surface area (Å²) in [5.74, 6) is -0.0218. The third-order valence-electron chi connectivity index (χ3n) is 3.43. The van der Waals surface area contributed by atoms with E-state index in [0.29, 0.717) is 6.42 Å². The minimum atomic E-state index is -0.204. The van der Waals surface area contributed by atoms with Crippen LogP contribution in [0.4, 0.5) is 5.69 Å². The molecule has 0 unspecified atom stereocenters. The minimum Gasteiger partial charge on any atom is -0.324 e. The van der Waals surface area contributed by atoms with Gasteiger partial charge in [0, 0.05) is 18.9 Å². The number of pyridine rings is 1. The lowest BCUT2D eigenvalue weighted by Crippen LogP contribution is -2.44. The number of nitrogens with zero attached hydrogens (tertiary/aromatic N) is 1. The molecule has 0 aliphatic carbocycles. The van der Waals surface area contributed by atoms with E-state index in [2.05, 4.69) is 43.7 Å². The van der Waals surface area contributed by atoms with Gasteiger partial charge in [-0.05, 0) is 39.5 Å². The fourth-order valence-electron chi connectivity index (χ4n) is 2.34. The van der Waals surface area contributed by atoms with Crippen molar-refractivity contribution in [2.24, 2.45) is 0 Å². The lowest BCUT2D eigenvalue weighted by molar-refractivity contribution is -0.118. The van der Waals surface area contributed by atoms with Crippen LogP contribution in [0.5, 0.6) is 0 Å². The van der Waals surface area contributed by atoms with Crippen LogP contribution in [0.3, 0.4) is 0 Å². The maximum absolute atomic E-state index is 12.3. The smallest absolute Gasteiger partial charge is 0.241 e. The number of hydrogen-bond donors (Lipinski definition) is 2. The first-order valence-corrected chi connectivity index (χ1v) is 7.24. The fraction of sp³-hybridized carbons (Fsp3) is 0.200. The Hall–Kier alpha value is -1.72. The first-order valence-electron chi connectivity index (χ1n) is 6.44. The van der Waals surface area contributed by atoms with Crippen LogP contribution >= 0.6 is 15.9 Å². The summed E-state index contributed by atoms with van der Waals surface area (Å²) >= 11 is 3.38. The quantitative estimate of drug-likeness (QED) is 0.888. The highest BCUT2D eigenvalue weighted by Crippen LogP contribution is 2.21. The van der Waals surface area contributed by atoms with Crippen LogP contribution in [-0.2, 0) is 17.8 Å². The van der Waals surface area contributed by atoms with E-state index in [0.717, 1.165) is 16.7 Å². The molecule has 3 rings (SSSR count). The second kappa shape index (κ2) is 5.73. The maximum atomic E-state index is 12.3. The summed E-state index contributed by atoms with van der Waals surface area (Å²) in [6, 6.07) is 9.78. The van der Waals surface area contributed by atoms with Crippen molar-refractivity contribution in [3.05, 3.63) is 58.3 Å². The summed E-state index contributed by atoms with van der Waals surface area (Å²) in [6.45, 7) is 0.728. The minimum absolute atomic E-state index is 0.0218. The molecule has 0 bridgehead atoms. The highest BCUT2D eigenvalue weighted by atomic mass is 79.9. The standard InChI is InChI=1S/C15H14BrN3O/c16-12-9-17-6-5-13(12)19-15(20)14-7-10-3-1-2-4-11(10)8-18-14/h1-6,9,14,18H,7-8H2,(H,17,19,20)/t14-/m0/s1. The molecule has 1 atom stereocenters. The summed E-state index contributed by atoms with van der Waals surface area (Å²) in [6.07, 6.45) is 4.04. The summed E-state index contributed by atoms with van der Waals surface area (Å²) in [5.41, 5.74) is 3.24. The molecular formula is C15H14BrN3O. The Bertz CT molecular complexity index is 645. The van der Waals surface area contributed by atoms with Crippen LogP contribution in [-0.4, -0.2) is 16.9 Å². The van der Waals surface area contributed by atoms with Gasteiger partial charge in [-0.15, -0.1) is 0 Å². The van der Waals surface area contributed by atoms with Crippen molar-refractivity contribution in [1.29, 1.82) is 0 Å². The first kappa shape index (κ1) is 13.3. The summed E-state index contributed by atoms with van der Waals surface area (Å²) in [7, 11) is 0. The molecule has 0 fully saturated rings. The average molecular weight is 332 g/mol. The van der Waals surface area contributed by atoms with Crippen LogP contribution in [0, 0.1) is 0 Å². The van der Waals surface area contributed by atoms with Gasteiger partial charge in [0.25, 0.3) is 0 Å². The van der Waals surface area contributed by atoms with Gasteiger partial charge in [-0.1, -0.05) is 24.3 Å². The van der Waals surface area contributed by atoms with E-state index in [1.54, 1.807) is 18.5 Å². The molecule has 2 heterocycles. The molecule has 1 amide bonds. The molecule has 1 aromatic heterocycles. The molecule has 1 aliphatic rings. The number of hydrogen-bond acceptors (Lipinski definition) is 3. The highest BCUT2D eigenvalue weighted by molar-refractivity contribution is 9.10. The molecule has 20 heavy (non-hydrogen) atoms. The van der Waals surface area contributed by atoms with E-state index in [-0.39, 0.29) is 11.9 Å². The van der Waals surface area contributed by atoms with Crippen LogP contribution in [0.1, 0.15) is 11.1 Å². The first-order chi connectivity index (χ1) is 9.74. The molecule has 0 saturated carbocycles. The van der Waals surface area contributed by atoms with Gasteiger partial charge in [-0.2, -0.15) is 0 Å². The third kappa shape index (κ3) is 2.73. The Morgan fingerprint density at radius 1 is 1.30 bits per heavy atom. The lowest BCUT2D eigenvalue weighted by atomic mass is 9.95. The predicted molar refractivity (Wildman–Crippen MR) is 81.3 cm³/mol. The molecule has 1 aromatic carbocycles. The number of carbonyl (C=O) groups is 1. The number of benzene rings is 1. The molecule has 102 valence electrons. The third-order valence-corrected chi connectivity index (χ3v) is 4.06. The van der Waals surface area contributed by atoms with Gasteiger partial charge in [0.15, 0.2) is 0 Å². The average Bonchev–Trinajstić information content (AvgIpc) is 2.49. The Balaban J connectivity index is 1.72. The van der Waals surface area contributed by atoms with Gasteiger partial charge in [0.2, 0.25) is 5.91 Å². The number of rotatable bonds is 2. The van der Waals surface area contributed by atoms with Gasteiger partial charge >= 0.3 is 0 Å². The number of carbonyl (C=O) groups excluding carboxylic acids is 1. The topological polar surface area (TPSA) is 54.0 Å². The van der Waals surface area contributed by atoms with Gasteiger partial charge in [-0.25, -0.2) is 0 Å². The number of fused-ring (bicyclic) bond motifs is 1. The number of halogens is 1. The van der Waals surface area contributed by atoms with Crippen molar-refractivity contribution in [2.75, 3.05) is 5.32 Å². The van der Waals surface area contributed by atoms with Gasteiger partial charge in [0.05, 0.1) is 16.2 Å². The molecule has 0 spiro atoms. The van der Waals surface area contributed by atoms with Crippen LogP contribution < -0.4 is 10.6 Å². The molecule has 2 N–H and O–H groups in total. The second-order valence-electron chi connectivity index (χ2n) is 4.75. The zero-order chi connectivity index (χ0) is 13.9. The van der Waals surface area contributed by atoms with Crippen molar-refractivity contribution in [1.82, 2.24) is 10.3 Å². The molecule has 5 heteroatoms. The fourth-order valence-corrected chi connectivity index (χ4v) is 2.69. The predicted octanol–water partition coefficient (Wildman–Crippen LogP) is 2.50. The SMILES string of the molecule is O=C(Nc1ccncc1Br)[C@@H]1Cc2ccccc2CN1. The van der Waals surface area contributed by atoms with E-state index >= 15 is 0 Å². The monoisotopic (exact) mass is 331 g/mol. The van der Waals surface area contributed by atoms with Crippen molar-refractivity contribution in [3.63, 3.8) is 0 Å². The van der Waals surface area contributed by atoms with E-state index < -0.39 is 0 Å². The number of nitrogens with one attached hydrogen (secondary N) is 2. The second-order valence-corrected chi connectivity index (χ2v) is 5.61. The van der Waals surface area contributed by atoms with E-state index in [1.807, 2.05) is 12.1 Å². The number of anilines is 1. The van der Waals surface area contributed by atoms with Crippen LogP contribution in [0.15, 0.2) is 47.2 Å². The number of aromatic nitrogens is 1. The van der Waals surface area contributed by atoms with Gasteiger partial charge in [0.1, 0.15) is 0 Å². The summed E-state index contributed by atoms with van der Waals surface area (Å²) < 4.78 is 0.782. The zero-order valence-corrected chi connectivity index (χ0v) is 12.4. The van der Waals surface area contributed by atoms with E-state index in [1.165, 1.54) is 11.1 Å². The Kier molecular flexibility index (Phi) is 3.80. The van der Waals surface area contributed by atoms with Crippen molar-refractivity contribution < 1.29 is 4.79 Å². The normalized spacial score (nSPS) is 17.4. The summed E-state index contributed by atoms with van der Waals surface area (Å²) in [4.78, 5) is 16.3. The molecule has 2 aromatic rings. The van der Waals surface area contributed by atoms with Gasteiger partial charge in [-0.3, -0.25) is 9.78 Å². The molecule has 0 radical (unpaired) electrons. The lowest BCUT2D eigenvalue weighted by Gasteiger charge is -2.25. The van der Waals surface area contributed by atoms with E-state index in [9.17, 15) is 4.79 Å². The maximum Gasteiger partial charge on any atom is 0.241 e. The van der Waals surface area contributed by atoms with Gasteiger partial charge < -0.3 is 10.6 Å².